The monoisotopic (exact) mass is 569 g/mol. The van der Waals surface area contributed by atoms with E-state index < -0.39 is 0 Å². The van der Waals surface area contributed by atoms with Crippen molar-refractivity contribution in [3.05, 3.63) is 54.0 Å². The smallest absolute Gasteiger partial charge is 0.222 e. The van der Waals surface area contributed by atoms with Crippen LogP contribution in [0.1, 0.15) is 44.6 Å². The maximum Gasteiger partial charge on any atom is 0.222 e. The van der Waals surface area contributed by atoms with Crippen molar-refractivity contribution in [3.8, 4) is 11.6 Å². The van der Waals surface area contributed by atoms with E-state index in [4.69, 9.17) is 4.74 Å². The molecular formula is C24H33FIN5O2. The lowest BCUT2D eigenvalue weighted by atomic mass is 10.2. The highest BCUT2D eigenvalue weighted by molar-refractivity contribution is 14.0. The van der Waals surface area contributed by atoms with Crippen LogP contribution in [0.25, 0.3) is 0 Å². The fourth-order valence-electron chi connectivity index (χ4n) is 3.48. The van der Waals surface area contributed by atoms with E-state index in [2.05, 4.69) is 20.6 Å². The Labute approximate surface area is 212 Å². The van der Waals surface area contributed by atoms with Gasteiger partial charge in [0.25, 0.3) is 0 Å². The number of rotatable bonds is 9. The quantitative estimate of drug-likeness (QED) is 0.202. The lowest BCUT2D eigenvalue weighted by Gasteiger charge is -2.20. The minimum Gasteiger partial charge on any atom is -0.439 e. The lowest BCUT2D eigenvalue weighted by Crippen LogP contribution is -2.39. The number of amides is 1. The number of nitrogens with zero attached hydrogens (tertiary/aromatic N) is 3. The van der Waals surface area contributed by atoms with Crippen LogP contribution in [-0.2, 0) is 11.3 Å². The van der Waals surface area contributed by atoms with Crippen LogP contribution in [-0.4, -0.2) is 47.9 Å². The number of carbonyl (C=O) groups excluding carboxylic acids is 1. The van der Waals surface area contributed by atoms with E-state index in [1.807, 2.05) is 17.9 Å². The van der Waals surface area contributed by atoms with Gasteiger partial charge in [0, 0.05) is 50.9 Å². The summed E-state index contributed by atoms with van der Waals surface area (Å²) < 4.78 is 18.8. The third kappa shape index (κ3) is 9.53. The number of hydrogen-bond acceptors (Lipinski definition) is 4. The molecule has 0 unspecified atom stereocenters. The van der Waals surface area contributed by atoms with Crippen molar-refractivity contribution in [1.29, 1.82) is 0 Å². The molecule has 1 saturated heterocycles. The zero-order valence-electron chi connectivity index (χ0n) is 19.1. The number of likely N-dealkylation sites (tertiary alicyclic amines) is 1. The number of aromatic nitrogens is 1. The van der Waals surface area contributed by atoms with Crippen molar-refractivity contribution >= 4 is 35.8 Å². The van der Waals surface area contributed by atoms with Gasteiger partial charge in [0.1, 0.15) is 11.6 Å². The average molecular weight is 569 g/mol. The molecule has 3 rings (SSSR count). The molecule has 9 heteroatoms. The van der Waals surface area contributed by atoms with Crippen LogP contribution in [0.2, 0.25) is 0 Å². The van der Waals surface area contributed by atoms with E-state index in [-0.39, 0.29) is 35.7 Å². The number of carbonyl (C=O) groups is 1. The van der Waals surface area contributed by atoms with Gasteiger partial charge in [0.05, 0.1) is 6.54 Å². The Bertz CT molecular complexity index is 895. The highest BCUT2D eigenvalue weighted by Gasteiger charge is 2.15. The van der Waals surface area contributed by atoms with Crippen molar-refractivity contribution in [3.63, 3.8) is 0 Å². The Kier molecular flexibility index (Phi) is 11.9. The Morgan fingerprint density at radius 1 is 1.21 bits per heavy atom. The van der Waals surface area contributed by atoms with Crippen molar-refractivity contribution < 1.29 is 13.9 Å². The van der Waals surface area contributed by atoms with Gasteiger partial charge in [-0.25, -0.2) is 14.4 Å². The fraction of sp³-hybridized carbons (Fsp3) is 0.458. The first-order chi connectivity index (χ1) is 15.6. The number of halogens is 2. The summed E-state index contributed by atoms with van der Waals surface area (Å²) in [6, 6.07) is 9.59. The zero-order chi connectivity index (χ0) is 22.6. The van der Waals surface area contributed by atoms with Gasteiger partial charge in [0.2, 0.25) is 11.8 Å². The van der Waals surface area contributed by atoms with E-state index in [0.717, 1.165) is 63.4 Å². The first kappa shape index (κ1) is 26.8. The third-order valence-corrected chi connectivity index (χ3v) is 5.15. The van der Waals surface area contributed by atoms with Crippen LogP contribution >= 0.6 is 24.0 Å². The third-order valence-electron chi connectivity index (χ3n) is 5.15. The summed E-state index contributed by atoms with van der Waals surface area (Å²) in [5.41, 5.74) is 0.934. The summed E-state index contributed by atoms with van der Waals surface area (Å²) in [4.78, 5) is 23.0. The standard InChI is InChI=1S/C24H32FN5O2.HI/c1-2-26-24(27-13-7-15-30-14-5-3-4-10-23(30)31)29-18-19-11-12-22(28-17-19)32-21-9-6-8-20(25)16-21;/h6,8-9,11-12,16-17H,2-5,7,10,13-15,18H2,1H3,(H2,26,27,29);1H. The number of guanidine groups is 1. The number of aliphatic imine (C=N–C) groups is 1. The SMILES string of the molecule is CCNC(=NCc1ccc(Oc2cccc(F)c2)nc1)NCCCN1CCCCCC1=O.I. The Morgan fingerprint density at radius 2 is 2.09 bits per heavy atom. The van der Waals surface area contributed by atoms with Crippen LogP contribution < -0.4 is 15.4 Å². The van der Waals surface area contributed by atoms with E-state index in [1.54, 1.807) is 24.4 Å². The predicted octanol–water partition coefficient (Wildman–Crippen LogP) is 4.48. The van der Waals surface area contributed by atoms with Gasteiger partial charge in [-0.3, -0.25) is 4.79 Å². The molecule has 180 valence electrons. The molecule has 0 aliphatic carbocycles. The van der Waals surface area contributed by atoms with E-state index >= 15 is 0 Å². The van der Waals surface area contributed by atoms with Crippen LogP contribution in [0.5, 0.6) is 11.6 Å². The summed E-state index contributed by atoms with van der Waals surface area (Å²) in [7, 11) is 0. The largest absolute Gasteiger partial charge is 0.439 e. The Balaban J connectivity index is 0.00000385. The number of nitrogens with one attached hydrogen (secondary N) is 2. The second kappa shape index (κ2) is 14.7. The molecule has 0 spiro atoms. The summed E-state index contributed by atoms with van der Waals surface area (Å²) in [6.07, 6.45) is 6.51. The Morgan fingerprint density at radius 3 is 2.85 bits per heavy atom. The molecule has 2 N–H and O–H groups in total. The molecular weight excluding hydrogens is 536 g/mol. The van der Waals surface area contributed by atoms with Gasteiger partial charge in [0.15, 0.2) is 5.96 Å². The van der Waals surface area contributed by atoms with Crippen LogP contribution in [0, 0.1) is 5.82 Å². The van der Waals surface area contributed by atoms with Gasteiger partial charge >= 0.3 is 0 Å². The minimum absolute atomic E-state index is 0. The molecule has 1 aromatic heterocycles. The number of hydrogen-bond donors (Lipinski definition) is 2. The average Bonchev–Trinajstić information content (AvgIpc) is 3.00. The minimum atomic E-state index is -0.352. The molecule has 2 heterocycles. The Hall–Kier alpha value is -2.43. The van der Waals surface area contributed by atoms with E-state index in [1.165, 1.54) is 12.1 Å². The molecule has 1 aliphatic rings. The highest BCUT2D eigenvalue weighted by Crippen LogP contribution is 2.20. The highest BCUT2D eigenvalue weighted by atomic mass is 127. The van der Waals surface area contributed by atoms with Crippen molar-refractivity contribution in [1.82, 2.24) is 20.5 Å². The first-order valence-electron chi connectivity index (χ1n) is 11.3. The van der Waals surface area contributed by atoms with Crippen LogP contribution in [0.3, 0.4) is 0 Å². The van der Waals surface area contributed by atoms with Crippen LogP contribution in [0.4, 0.5) is 4.39 Å². The first-order valence-corrected chi connectivity index (χ1v) is 11.3. The van der Waals surface area contributed by atoms with Crippen molar-refractivity contribution in [2.75, 3.05) is 26.2 Å². The van der Waals surface area contributed by atoms with Gasteiger partial charge in [-0.2, -0.15) is 0 Å². The lowest BCUT2D eigenvalue weighted by molar-refractivity contribution is -0.130. The molecule has 0 radical (unpaired) electrons. The topological polar surface area (TPSA) is 78.9 Å². The molecule has 1 aromatic carbocycles. The molecule has 0 saturated carbocycles. The molecule has 1 fully saturated rings. The van der Waals surface area contributed by atoms with Gasteiger partial charge in [-0.1, -0.05) is 18.6 Å². The summed E-state index contributed by atoms with van der Waals surface area (Å²) in [5.74, 6) is 1.46. The van der Waals surface area contributed by atoms with Gasteiger partial charge in [-0.05, 0) is 43.9 Å². The normalized spacial score (nSPS) is 14.3. The predicted molar refractivity (Wildman–Crippen MR) is 139 cm³/mol. The van der Waals surface area contributed by atoms with E-state index in [0.29, 0.717) is 24.6 Å². The molecule has 7 nitrogen and oxygen atoms in total. The molecule has 1 amide bonds. The summed E-state index contributed by atoms with van der Waals surface area (Å²) in [6.45, 7) is 5.64. The maximum atomic E-state index is 13.3. The molecule has 2 aromatic rings. The molecule has 1 aliphatic heterocycles. The van der Waals surface area contributed by atoms with Crippen molar-refractivity contribution in [2.45, 2.75) is 45.6 Å². The number of pyridine rings is 1. The van der Waals surface area contributed by atoms with Gasteiger partial charge in [-0.15, -0.1) is 24.0 Å². The zero-order valence-corrected chi connectivity index (χ0v) is 21.4. The molecule has 33 heavy (non-hydrogen) atoms. The summed E-state index contributed by atoms with van der Waals surface area (Å²) in [5, 5.41) is 6.57. The second-order valence-electron chi connectivity index (χ2n) is 7.73. The second-order valence-corrected chi connectivity index (χ2v) is 7.73. The molecule has 0 bridgehead atoms. The van der Waals surface area contributed by atoms with E-state index in [9.17, 15) is 9.18 Å². The molecule has 0 atom stereocenters. The fourth-order valence-corrected chi connectivity index (χ4v) is 3.48. The van der Waals surface area contributed by atoms with Gasteiger partial charge < -0.3 is 20.3 Å². The number of ether oxygens (including phenoxy) is 1. The van der Waals surface area contributed by atoms with Crippen LogP contribution in [0.15, 0.2) is 47.6 Å². The maximum absolute atomic E-state index is 13.3. The van der Waals surface area contributed by atoms with Crippen molar-refractivity contribution in [2.24, 2.45) is 4.99 Å². The summed E-state index contributed by atoms with van der Waals surface area (Å²) >= 11 is 0. The number of benzene rings is 1.